The maximum Gasteiger partial charge on any atom is 0.345 e. The predicted octanol–water partition coefficient (Wildman–Crippen LogP) is -0.480. The average molecular weight is 377 g/mol. The molecule has 2 aliphatic heterocycles. The number of ether oxygens (including phenoxy) is 1. The highest BCUT2D eigenvalue weighted by Gasteiger charge is 2.33. The number of aromatic amines is 1. The molecule has 1 aromatic heterocycles. The summed E-state index contributed by atoms with van der Waals surface area (Å²) in [7, 11) is 2.00. The zero-order valence-corrected chi connectivity index (χ0v) is 15.9. The number of likely N-dealkylation sites (N-methyl/N-ethyl adjacent to an activating group) is 1. The van der Waals surface area contributed by atoms with Crippen molar-refractivity contribution in [3.8, 4) is 0 Å². The monoisotopic (exact) mass is 377 g/mol. The fourth-order valence-corrected chi connectivity index (χ4v) is 3.72. The molecule has 9 nitrogen and oxygen atoms in total. The number of nitrogens with one attached hydrogen (secondary N) is 2. The van der Waals surface area contributed by atoms with Crippen molar-refractivity contribution < 1.29 is 14.3 Å². The molecule has 27 heavy (non-hydrogen) atoms. The number of aromatic nitrogens is 2. The molecular formula is C18H27N5O4. The van der Waals surface area contributed by atoms with Gasteiger partial charge in [0.25, 0.3) is 5.91 Å². The van der Waals surface area contributed by atoms with E-state index in [1.165, 1.54) is 0 Å². The Kier molecular flexibility index (Phi) is 6.22. The van der Waals surface area contributed by atoms with Gasteiger partial charge in [0.15, 0.2) is 0 Å². The van der Waals surface area contributed by atoms with Crippen molar-refractivity contribution in [3.63, 3.8) is 0 Å². The molecule has 2 atom stereocenters. The number of carbonyl (C=O) groups is 2. The fraction of sp³-hybridized carbons (Fsp3) is 0.667. The van der Waals surface area contributed by atoms with Crippen LogP contribution in [0, 0.1) is 6.92 Å². The van der Waals surface area contributed by atoms with E-state index < -0.39 is 5.69 Å². The van der Waals surface area contributed by atoms with Gasteiger partial charge in [0.2, 0.25) is 5.91 Å². The van der Waals surface area contributed by atoms with Crippen LogP contribution in [-0.4, -0.2) is 83.6 Å². The second-order valence-electron chi connectivity index (χ2n) is 7.21. The van der Waals surface area contributed by atoms with Crippen LogP contribution in [0.3, 0.4) is 0 Å². The van der Waals surface area contributed by atoms with Crippen LogP contribution in [0.5, 0.6) is 0 Å². The molecule has 0 saturated carbocycles. The first-order valence-electron chi connectivity index (χ1n) is 9.37. The minimum absolute atomic E-state index is 0.121. The fourth-order valence-electron chi connectivity index (χ4n) is 3.72. The van der Waals surface area contributed by atoms with Gasteiger partial charge in [-0.1, -0.05) is 0 Å². The molecule has 2 aliphatic rings. The van der Waals surface area contributed by atoms with E-state index in [-0.39, 0.29) is 29.6 Å². The van der Waals surface area contributed by atoms with Crippen molar-refractivity contribution >= 4 is 11.8 Å². The van der Waals surface area contributed by atoms with Gasteiger partial charge in [0.05, 0.1) is 13.2 Å². The minimum atomic E-state index is -0.528. The number of rotatable bonds is 5. The van der Waals surface area contributed by atoms with Crippen molar-refractivity contribution in [2.45, 2.75) is 38.3 Å². The van der Waals surface area contributed by atoms with Crippen LogP contribution in [0.4, 0.5) is 0 Å². The van der Waals surface area contributed by atoms with Gasteiger partial charge in [-0.05, 0) is 32.9 Å². The Morgan fingerprint density at radius 1 is 1.30 bits per heavy atom. The summed E-state index contributed by atoms with van der Waals surface area (Å²) in [4.78, 5) is 46.4. The standard InChI is InChI=1S/C18H27N5O4/c1-12-9-15(21-18(26)20-12)17(25)19-11-14-4-3-13(22(14)2)10-16(24)23-5-7-27-8-6-23/h9,13-14H,3-8,10-11H2,1-2H3,(H,19,25)(H,20,21,26)/t13-,14+/m1/s1. The zero-order valence-electron chi connectivity index (χ0n) is 15.9. The smallest absolute Gasteiger partial charge is 0.345 e. The van der Waals surface area contributed by atoms with Crippen molar-refractivity contribution in [2.75, 3.05) is 39.9 Å². The number of carbonyl (C=O) groups excluding carboxylic acids is 2. The van der Waals surface area contributed by atoms with Gasteiger partial charge in [-0.2, -0.15) is 4.98 Å². The molecule has 2 N–H and O–H groups in total. The highest BCUT2D eigenvalue weighted by Crippen LogP contribution is 2.25. The average Bonchev–Trinajstić information content (AvgIpc) is 2.99. The van der Waals surface area contributed by atoms with Crippen LogP contribution in [0.25, 0.3) is 0 Å². The van der Waals surface area contributed by atoms with E-state index in [9.17, 15) is 14.4 Å². The second-order valence-corrected chi connectivity index (χ2v) is 7.21. The number of hydrogen-bond donors (Lipinski definition) is 2. The Morgan fingerprint density at radius 3 is 2.70 bits per heavy atom. The molecule has 9 heteroatoms. The summed E-state index contributed by atoms with van der Waals surface area (Å²) in [6, 6.07) is 1.90. The van der Waals surface area contributed by atoms with E-state index in [1.54, 1.807) is 13.0 Å². The maximum absolute atomic E-state index is 12.5. The van der Waals surface area contributed by atoms with E-state index in [4.69, 9.17) is 4.74 Å². The van der Waals surface area contributed by atoms with E-state index >= 15 is 0 Å². The molecule has 0 spiro atoms. The first kappa shape index (κ1) is 19.5. The van der Waals surface area contributed by atoms with Crippen molar-refractivity contribution in [2.24, 2.45) is 0 Å². The quantitative estimate of drug-likeness (QED) is 0.718. The van der Waals surface area contributed by atoms with Gasteiger partial charge in [-0.3, -0.25) is 14.5 Å². The Labute approximate surface area is 158 Å². The molecule has 0 bridgehead atoms. The molecule has 0 aliphatic carbocycles. The molecule has 3 heterocycles. The summed E-state index contributed by atoms with van der Waals surface area (Å²) in [6.07, 6.45) is 2.34. The molecule has 2 fully saturated rings. The third-order valence-corrected chi connectivity index (χ3v) is 5.37. The number of morpholine rings is 1. The van der Waals surface area contributed by atoms with Crippen molar-refractivity contribution in [1.29, 1.82) is 0 Å². The largest absolute Gasteiger partial charge is 0.378 e. The molecule has 148 valence electrons. The van der Waals surface area contributed by atoms with Gasteiger partial charge in [-0.25, -0.2) is 4.79 Å². The highest BCUT2D eigenvalue weighted by atomic mass is 16.5. The summed E-state index contributed by atoms with van der Waals surface area (Å²) in [5, 5.41) is 2.86. The van der Waals surface area contributed by atoms with Gasteiger partial charge >= 0.3 is 5.69 Å². The maximum atomic E-state index is 12.5. The summed E-state index contributed by atoms with van der Waals surface area (Å²) in [5.74, 6) is -0.187. The second kappa shape index (κ2) is 8.62. The molecule has 1 aromatic rings. The summed E-state index contributed by atoms with van der Waals surface area (Å²) in [6.45, 7) is 4.72. The van der Waals surface area contributed by atoms with E-state index in [1.807, 2.05) is 11.9 Å². The van der Waals surface area contributed by atoms with Crippen LogP contribution < -0.4 is 11.0 Å². The Balaban J connectivity index is 1.49. The number of amides is 2. The van der Waals surface area contributed by atoms with E-state index in [0.29, 0.717) is 45.0 Å². The van der Waals surface area contributed by atoms with E-state index in [2.05, 4.69) is 20.2 Å². The molecule has 2 saturated heterocycles. The van der Waals surface area contributed by atoms with E-state index in [0.717, 1.165) is 12.8 Å². The van der Waals surface area contributed by atoms with Crippen LogP contribution >= 0.6 is 0 Å². The Morgan fingerprint density at radius 2 is 2.00 bits per heavy atom. The summed E-state index contributed by atoms with van der Waals surface area (Å²) >= 11 is 0. The molecule has 0 aromatic carbocycles. The first-order chi connectivity index (χ1) is 12.9. The summed E-state index contributed by atoms with van der Waals surface area (Å²) in [5.41, 5.74) is 0.190. The molecule has 2 amide bonds. The third-order valence-electron chi connectivity index (χ3n) is 5.37. The Bertz CT molecular complexity index is 744. The number of aryl methyl sites for hydroxylation is 1. The SMILES string of the molecule is Cc1cc(C(=O)NC[C@@H]2CC[C@H](CC(=O)N3CCOCC3)N2C)nc(=O)[nH]1. The van der Waals surface area contributed by atoms with Crippen LogP contribution in [-0.2, 0) is 9.53 Å². The van der Waals surface area contributed by atoms with Gasteiger partial charge in [0.1, 0.15) is 5.69 Å². The lowest BCUT2D eigenvalue weighted by Crippen LogP contribution is -2.45. The van der Waals surface area contributed by atoms with Crippen LogP contribution in [0.2, 0.25) is 0 Å². The number of nitrogens with zero attached hydrogens (tertiary/aromatic N) is 3. The lowest BCUT2D eigenvalue weighted by molar-refractivity contribution is -0.136. The van der Waals surface area contributed by atoms with Gasteiger partial charge in [-0.15, -0.1) is 0 Å². The minimum Gasteiger partial charge on any atom is -0.378 e. The topological polar surface area (TPSA) is 108 Å². The number of hydrogen-bond acceptors (Lipinski definition) is 6. The number of H-pyrrole nitrogens is 1. The Hall–Kier alpha value is -2.26. The van der Waals surface area contributed by atoms with Crippen molar-refractivity contribution in [1.82, 2.24) is 25.1 Å². The van der Waals surface area contributed by atoms with Gasteiger partial charge in [0, 0.05) is 43.8 Å². The molecule has 0 unspecified atom stereocenters. The van der Waals surface area contributed by atoms with Crippen LogP contribution in [0.15, 0.2) is 10.9 Å². The molecular weight excluding hydrogens is 350 g/mol. The lowest BCUT2D eigenvalue weighted by atomic mass is 10.1. The zero-order chi connectivity index (χ0) is 19.4. The van der Waals surface area contributed by atoms with Crippen molar-refractivity contribution in [3.05, 3.63) is 27.9 Å². The lowest BCUT2D eigenvalue weighted by Gasteiger charge is -2.30. The van der Waals surface area contributed by atoms with Gasteiger partial charge < -0.3 is 19.9 Å². The normalized spacial score (nSPS) is 23.4. The first-order valence-corrected chi connectivity index (χ1v) is 9.37. The highest BCUT2D eigenvalue weighted by molar-refractivity contribution is 5.92. The number of likely N-dealkylation sites (tertiary alicyclic amines) is 1. The molecule has 3 rings (SSSR count). The van der Waals surface area contributed by atoms with Crippen LogP contribution in [0.1, 0.15) is 35.4 Å². The third kappa shape index (κ3) is 4.92. The summed E-state index contributed by atoms with van der Waals surface area (Å²) < 4.78 is 5.29. The molecule has 0 radical (unpaired) electrons. The predicted molar refractivity (Wildman–Crippen MR) is 98.5 cm³/mol.